The Hall–Kier alpha value is -5.67. The molecule has 1 aliphatic heterocycles. The summed E-state index contributed by atoms with van der Waals surface area (Å²) in [6.07, 6.45) is 3.90. The molecule has 6 aromatic rings. The van der Waals surface area contributed by atoms with Crippen molar-refractivity contribution >= 4 is 28.5 Å². The standard InChI is InChI=1S/C37H32N6O3/c1-46-37(45)31-16-12-28(22-34(31)39-36(44)33-17-13-27-7-4-5-9-32(27)38-33)35-24-43(41-40-35)30-14-10-25(11-15-30)18-20-42-21-19-26-6-2-3-8-29(26)23-42/h2-17,22,24H,18-21,23H2,1H3,(H,39,44). The molecule has 1 aliphatic rings. The van der Waals surface area contributed by atoms with E-state index >= 15 is 0 Å². The number of fused-ring (bicyclic) bond motifs is 2. The summed E-state index contributed by atoms with van der Waals surface area (Å²) in [6.45, 7) is 3.10. The number of benzene rings is 4. The molecule has 228 valence electrons. The number of methoxy groups -OCH3 is 1. The van der Waals surface area contributed by atoms with Crippen LogP contribution in [0.3, 0.4) is 0 Å². The van der Waals surface area contributed by atoms with E-state index in [9.17, 15) is 9.59 Å². The lowest BCUT2D eigenvalue weighted by molar-refractivity contribution is 0.0602. The smallest absolute Gasteiger partial charge is 0.339 e. The van der Waals surface area contributed by atoms with Crippen molar-refractivity contribution in [2.75, 3.05) is 25.5 Å². The molecular formula is C37H32N6O3. The topological polar surface area (TPSA) is 102 Å². The maximum Gasteiger partial charge on any atom is 0.339 e. The lowest BCUT2D eigenvalue weighted by atomic mass is 9.99. The highest BCUT2D eigenvalue weighted by Gasteiger charge is 2.19. The molecule has 0 fully saturated rings. The maximum atomic E-state index is 13.2. The molecule has 0 unspecified atom stereocenters. The minimum absolute atomic E-state index is 0.220. The van der Waals surface area contributed by atoms with Gasteiger partial charge in [-0.05, 0) is 65.9 Å². The maximum absolute atomic E-state index is 13.2. The highest BCUT2D eigenvalue weighted by molar-refractivity contribution is 6.08. The van der Waals surface area contributed by atoms with E-state index < -0.39 is 11.9 Å². The Kier molecular flexibility index (Phi) is 8.05. The van der Waals surface area contributed by atoms with E-state index in [0.717, 1.165) is 43.5 Å². The Morgan fingerprint density at radius 3 is 2.54 bits per heavy atom. The number of hydrogen-bond donors (Lipinski definition) is 1. The Morgan fingerprint density at radius 2 is 1.70 bits per heavy atom. The number of carbonyl (C=O) groups excluding carboxylic acids is 2. The number of rotatable bonds is 8. The fraction of sp³-hybridized carbons (Fsp3) is 0.162. The van der Waals surface area contributed by atoms with Gasteiger partial charge in [-0.15, -0.1) is 5.10 Å². The summed E-state index contributed by atoms with van der Waals surface area (Å²) >= 11 is 0. The van der Waals surface area contributed by atoms with Crippen LogP contribution in [0, 0.1) is 0 Å². The number of amides is 1. The summed E-state index contributed by atoms with van der Waals surface area (Å²) in [5.41, 5.74) is 7.77. The number of nitrogens with one attached hydrogen (secondary N) is 1. The van der Waals surface area contributed by atoms with Crippen molar-refractivity contribution < 1.29 is 14.3 Å². The zero-order valence-electron chi connectivity index (χ0n) is 25.4. The molecule has 46 heavy (non-hydrogen) atoms. The molecular weight excluding hydrogens is 576 g/mol. The number of para-hydroxylation sites is 1. The van der Waals surface area contributed by atoms with E-state index in [0.29, 0.717) is 22.5 Å². The van der Waals surface area contributed by atoms with Crippen LogP contribution in [0.5, 0.6) is 0 Å². The van der Waals surface area contributed by atoms with Crippen LogP contribution in [0.15, 0.2) is 109 Å². The zero-order valence-corrected chi connectivity index (χ0v) is 25.4. The SMILES string of the molecule is COC(=O)c1ccc(-c2cn(-c3ccc(CCN4CCc5ccccc5C4)cc3)nn2)cc1NC(=O)c1ccc2ccccc2n1. The third-order valence-electron chi connectivity index (χ3n) is 8.42. The van der Waals surface area contributed by atoms with Crippen LogP contribution in [0.4, 0.5) is 5.69 Å². The third kappa shape index (κ3) is 6.13. The normalized spacial score (nSPS) is 12.9. The molecule has 1 amide bonds. The van der Waals surface area contributed by atoms with E-state index in [4.69, 9.17) is 4.74 Å². The molecule has 2 aromatic heterocycles. The Morgan fingerprint density at radius 1 is 0.891 bits per heavy atom. The van der Waals surface area contributed by atoms with Gasteiger partial charge in [0.2, 0.25) is 0 Å². The first-order valence-corrected chi connectivity index (χ1v) is 15.2. The lowest BCUT2D eigenvalue weighted by Crippen LogP contribution is -2.32. The van der Waals surface area contributed by atoms with Crippen molar-refractivity contribution in [3.05, 3.63) is 137 Å². The van der Waals surface area contributed by atoms with Gasteiger partial charge < -0.3 is 10.1 Å². The summed E-state index contributed by atoms with van der Waals surface area (Å²) in [7, 11) is 1.30. The van der Waals surface area contributed by atoms with Crippen LogP contribution in [0.1, 0.15) is 37.5 Å². The first-order chi connectivity index (χ1) is 22.5. The van der Waals surface area contributed by atoms with E-state index in [2.05, 4.69) is 61.9 Å². The van der Waals surface area contributed by atoms with Gasteiger partial charge in [0.05, 0.1) is 35.8 Å². The van der Waals surface area contributed by atoms with Crippen molar-refractivity contribution in [1.29, 1.82) is 0 Å². The highest BCUT2D eigenvalue weighted by atomic mass is 16.5. The summed E-state index contributed by atoms with van der Waals surface area (Å²) in [6, 6.07) is 33.2. The fourth-order valence-corrected chi connectivity index (χ4v) is 5.84. The van der Waals surface area contributed by atoms with Crippen LogP contribution < -0.4 is 5.32 Å². The Bertz CT molecular complexity index is 2050. The largest absolute Gasteiger partial charge is 0.465 e. The first-order valence-electron chi connectivity index (χ1n) is 15.2. The predicted molar refractivity (Wildman–Crippen MR) is 177 cm³/mol. The van der Waals surface area contributed by atoms with E-state index in [-0.39, 0.29) is 11.3 Å². The van der Waals surface area contributed by atoms with Gasteiger partial charge in [-0.3, -0.25) is 9.69 Å². The summed E-state index contributed by atoms with van der Waals surface area (Å²) in [4.78, 5) is 32.8. The molecule has 9 heteroatoms. The summed E-state index contributed by atoms with van der Waals surface area (Å²) in [5.74, 6) is -1.01. The molecule has 0 saturated heterocycles. The molecule has 0 spiro atoms. The van der Waals surface area contributed by atoms with E-state index in [1.54, 1.807) is 28.9 Å². The molecule has 1 N–H and O–H groups in total. The van der Waals surface area contributed by atoms with Gasteiger partial charge >= 0.3 is 5.97 Å². The molecule has 0 atom stereocenters. The number of hydrogen-bond acceptors (Lipinski definition) is 7. The van der Waals surface area contributed by atoms with Crippen LogP contribution in [-0.2, 0) is 24.1 Å². The van der Waals surface area contributed by atoms with E-state index in [1.807, 2.05) is 48.7 Å². The second kappa shape index (κ2) is 12.7. The minimum Gasteiger partial charge on any atom is -0.465 e. The van der Waals surface area contributed by atoms with Crippen LogP contribution >= 0.6 is 0 Å². The highest BCUT2D eigenvalue weighted by Crippen LogP contribution is 2.27. The van der Waals surface area contributed by atoms with Gasteiger partial charge in [0, 0.05) is 30.6 Å². The molecule has 3 heterocycles. The monoisotopic (exact) mass is 608 g/mol. The predicted octanol–water partition coefficient (Wildman–Crippen LogP) is 6.12. The average molecular weight is 609 g/mol. The second-order valence-corrected chi connectivity index (χ2v) is 11.4. The van der Waals surface area contributed by atoms with Crippen LogP contribution in [0.25, 0.3) is 27.8 Å². The van der Waals surface area contributed by atoms with Crippen molar-refractivity contribution in [3.8, 4) is 16.9 Å². The number of aromatic nitrogens is 4. The van der Waals surface area contributed by atoms with Crippen molar-refractivity contribution in [2.24, 2.45) is 0 Å². The molecule has 0 bridgehead atoms. The van der Waals surface area contributed by atoms with Gasteiger partial charge in [0.15, 0.2) is 0 Å². The van der Waals surface area contributed by atoms with Crippen molar-refractivity contribution in [3.63, 3.8) is 0 Å². The lowest BCUT2D eigenvalue weighted by Gasteiger charge is -2.28. The molecule has 0 saturated carbocycles. The number of ether oxygens (including phenoxy) is 1. The number of pyridine rings is 1. The number of anilines is 1. The second-order valence-electron chi connectivity index (χ2n) is 11.4. The quantitative estimate of drug-likeness (QED) is 0.208. The van der Waals surface area contributed by atoms with Crippen LogP contribution in [-0.4, -0.2) is 57.0 Å². The fourth-order valence-electron chi connectivity index (χ4n) is 5.84. The molecule has 7 rings (SSSR count). The molecule has 9 nitrogen and oxygen atoms in total. The van der Waals surface area contributed by atoms with E-state index in [1.165, 1.54) is 23.8 Å². The molecule has 4 aromatic carbocycles. The minimum atomic E-state index is -0.567. The zero-order chi connectivity index (χ0) is 31.5. The first kappa shape index (κ1) is 29.1. The molecule has 0 radical (unpaired) electrons. The number of carbonyl (C=O) groups is 2. The third-order valence-corrected chi connectivity index (χ3v) is 8.42. The van der Waals surface area contributed by atoms with Gasteiger partial charge in [0.1, 0.15) is 11.4 Å². The van der Waals surface area contributed by atoms with Gasteiger partial charge in [0.25, 0.3) is 5.91 Å². The van der Waals surface area contributed by atoms with Gasteiger partial charge in [-0.2, -0.15) is 0 Å². The average Bonchev–Trinajstić information content (AvgIpc) is 3.61. The summed E-state index contributed by atoms with van der Waals surface area (Å²) in [5, 5.41) is 12.5. The van der Waals surface area contributed by atoms with Gasteiger partial charge in [-0.1, -0.05) is 71.9 Å². The van der Waals surface area contributed by atoms with Crippen molar-refractivity contribution in [1.82, 2.24) is 24.9 Å². The Balaban J connectivity index is 1.05. The number of esters is 1. The summed E-state index contributed by atoms with van der Waals surface area (Å²) < 4.78 is 6.68. The molecule has 0 aliphatic carbocycles. The Labute approximate surface area is 266 Å². The number of nitrogens with zero attached hydrogens (tertiary/aromatic N) is 5. The van der Waals surface area contributed by atoms with Crippen LogP contribution in [0.2, 0.25) is 0 Å². The van der Waals surface area contributed by atoms with Crippen molar-refractivity contribution in [2.45, 2.75) is 19.4 Å². The van der Waals surface area contributed by atoms with Gasteiger partial charge in [-0.25, -0.2) is 14.5 Å².